The molecule has 0 aromatic carbocycles. The van der Waals surface area contributed by atoms with Gasteiger partial charge >= 0.3 is 11.9 Å². The van der Waals surface area contributed by atoms with E-state index in [1.54, 1.807) is 0 Å². The molecule has 0 amide bonds. The van der Waals surface area contributed by atoms with Gasteiger partial charge in [0.2, 0.25) is 0 Å². The molecule has 0 saturated carbocycles. The fraction of sp³-hybridized carbons (Fsp3) is 0.800. The van der Waals surface area contributed by atoms with Gasteiger partial charge in [0.25, 0.3) is 0 Å². The minimum absolute atomic E-state index is 0.214. The Labute approximate surface area is 90.5 Å². The Morgan fingerprint density at radius 2 is 1.80 bits per heavy atom. The quantitative estimate of drug-likeness (QED) is 0.472. The Kier molecular flexibility index (Phi) is 5.93. The molecule has 0 fully saturated rings. The first-order chi connectivity index (χ1) is 6.87. The second kappa shape index (κ2) is 6.40. The van der Waals surface area contributed by atoms with E-state index in [1.165, 1.54) is 14.0 Å². The van der Waals surface area contributed by atoms with Crippen LogP contribution in [0, 0.1) is 0 Å². The van der Waals surface area contributed by atoms with Crippen molar-refractivity contribution in [3.8, 4) is 0 Å². The number of likely N-dealkylation sites (N-methyl/N-ethyl adjacent to an activating group) is 1. The van der Waals surface area contributed by atoms with E-state index in [0.29, 0.717) is 30.6 Å². The van der Waals surface area contributed by atoms with Crippen LogP contribution in [0.4, 0.5) is 0 Å². The van der Waals surface area contributed by atoms with Gasteiger partial charge in [0.15, 0.2) is 0 Å². The van der Waals surface area contributed by atoms with Gasteiger partial charge in [0.1, 0.15) is 13.2 Å². The lowest BCUT2D eigenvalue weighted by atomic mass is 10.3. The van der Waals surface area contributed by atoms with Gasteiger partial charge in [-0.15, -0.1) is 0 Å². The smallest absolute Gasteiger partial charge is 0.311 e. The van der Waals surface area contributed by atoms with Crippen LogP contribution in [0.15, 0.2) is 0 Å². The molecular formula is C10H20NO4+. The van der Waals surface area contributed by atoms with Crippen LogP contribution < -0.4 is 0 Å². The summed E-state index contributed by atoms with van der Waals surface area (Å²) < 4.78 is 10.0. The summed E-state index contributed by atoms with van der Waals surface area (Å²) in [4.78, 5) is 21.5. The number of quaternary nitrogens is 1. The topological polar surface area (TPSA) is 52.6 Å². The first kappa shape index (κ1) is 13.9. The number of ether oxygens (including phenoxy) is 2. The van der Waals surface area contributed by atoms with E-state index in [1.807, 2.05) is 14.1 Å². The molecule has 0 aliphatic rings. The Bertz CT molecular complexity index is 225. The van der Waals surface area contributed by atoms with Crippen LogP contribution in [0.1, 0.15) is 13.3 Å². The van der Waals surface area contributed by atoms with Crippen LogP contribution in [0.5, 0.6) is 0 Å². The summed E-state index contributed by atoms with van der Waals surface area (Å²) in [6, 6.07) is 0. The fourth-order valence-corrected chi connectivity index (χ4v) is 1.04. The maximum Gasteiger partial charge on any atom is 0.311 e. The predicted molar refractivity (Wildman–Crippen MR) is 55.1 cm³/mol. The molecule has 0 bridgehead atoms. The average Bonchev–Trinajstić information content (AvgIpc) is 2.13. The fourth-order valence-electron chi connectivity index (χ4n) is 1.04. The molecule has 0 aromatic heterocycles. The Balaban J connectivity index is 3.76. The van der Waals surface area contributed by atoms with Crippen LogP contribution in [-0.4, -0.2) is 57.3 Å². The van der Waals surface area contributed by atoms with Gasteiger partial charge < -0.3 is 14.0 Å². The van der Waals surface area contributed by atoms with Crippen molar-refractivity contribution in [2.45, 2.75) is 13.3 Å². The highest BCUT2D eigenvalue weighted by Crippen LogP contribution is 2.00. The predicted octanol–water partition coefficient (Wildman–Crippen LogP) is 0.189. The highest BCUT2D eigenvalue weighted by Gasteiger charge is 2.17. The van der Waals surface area contributed by atoms with Crippen molar-refractivity contribution in [3.63, 3.8) is 0 Å². The number of rotatable bonds is 6. The summed E-state index contributed by atoms with van der Waals surface area (Å²) in [6.07, 6.45) is 0.379. The Morgan fingerprint density at radius 3 is 2.27 bits per heavy atom. The number of hydrogen-bond donors (Lipinski definition) is 0. The van der Waals surface area contributed by atoms with Crippen molar-refractivity contribution >= 4 is 11.9 Å². The summed E-state index contributed by atoms with van der Waals surface area (Å²) in [5.41, 5.74) is 0. The molecule has 0 atom stereocenters. The van der Waals surface area contributed by atoms with Crippen molar-refractivity contribution in [3.05, 3.63) is 0 Å². The zero-order valence-corrected chi connectivity index (χ0v) is 9.91. The molecule has 0 aromatic rings. The second-order valence-electron chi connectivity index (χ2n) is 4.05. The van der Waals surface area contributed by atoms with Gasteiger partial charge in [-0.3, -0.25) is 9.59 Å². The SMILES string of the molecule is COC(=O)CC[N+](C)(C)CCOC(C)=O. The van der Waals surface area contributed by atoms with E-state index in [2.05, 4.69) is 4.74 Å². The first-order valence-electron chi connectivity index (χ1n) is 4.89. The van der Waals surface area contributed by atoms with Crippen molar-refractivity contribution in [2.75, 3.05) is 40.9 Å². The van der Waals surface area contributed by atoms with Gasteiger partial charge in [0.05, 0.1) is 34.2 Å². The third kappa shape index (κ3) is 7.93. The molecule has 5 nitrogen and oxygen atoms in total. The molecule has 0 unspecified atom stereocenters. The molecule has 5 heteroatoms. The minimum atomic E-state index is -0.275. The van der Waals surface area contributed by atoms with E-state index in [4.69, 9.17) is 4.74 Å². The maximum atomic E-state index is 10.9. The minimum Gasteiger partial charge on any atom is -0.469 e. The van der Waals surface area contributed by atoms with Crippen LogP contribution >= 0.6 is 0 Å². The van der Waals surface area contributed by atoms with Crippen LogP contribution in [0.3, 0.4) is 0 Å². The van der Waals surface area contributed by atoms with Crippen molar-refractivity contribution < 1.29 is 23.5 Å². The second-order valence-corrected chi connectivity index (χ2v) is 4.05. The molecule has 0 rings (SSSR count). The molecular weight excluding hydrogens is 198 g/mol. The molecule has 0 spiro atoms. The summed E-state index contributed by atoms with van der Waals surface area (Å²) >= 11 is 0. The van der Waals surface area contributed by atoms with E-state index < -0.39 is 0 Å². The number of methoxy groups -OCH3 is 1. The summed E-state index contributed by atoms with van der Waals surface area (Å²) in [7, 11) is 5.33. The maximum absolute atomic E-state index is 10.9. The number of carbonyl (C=O) groups is 2. The van der Waals surface area contributed by atoms with E-state index >= 15 is 0 Å². The normalized spacial score (nSPS) is 10.9. The van der Waals surface area contributed by atoms with E-state index in [9.17, 15) is 9.59 Å². The van der Waals surface area contributed by atoms with Crippen molar-refractivity contribution in [2.24, 2.45) is 0 Å². The standard InChI is InChI=1S/C10H20NO4/c1-9(12)15-8-7-11(2,3)6-5-10(13)14-4/h5-8H2,1-4H3/q+1. The monoisotopic (exact) mass is 218 g/mol. The third-order valence-electron chi connectivity index (χ3n) is 2.15. The van der Waals surface area contributed by atoms with Gasteiger partial charge in [-0.2, -0.15) is 0 Å². The lowest BCUT2D eigenvalue weighted by Gasteiger charge is -2.28. The largest absolute Gasteiger partial charge is 0.469 e. The van der Waals surface area contributed by atoms with Crippen molar-refractivity contribution in [1.29, 1.82) is 0 Å². The Morgan fingerprint density at radius 1 is 1.20 bits per heavy atom. The first-order valence-corrected chi connectivity index (χ1v) is 4.89. The van der Waals surface area contributed by atoms with Gasteiger partial charge in [0, 0.05) is 6.92 Å². The summed E-state index contributed by atoms with van der Waals surface area (Å²) in [5, 5.41) is 0. The number of hydrogen-bond acceptors (Lipinski definition) is 4. The van der Waals surface area contributed by atoms with Crippen LogP contribution in [0.2, 0.25) is 0 Å². The van der Waals surface area contributed by atoms with Crippen LogP contribution in [0.25, 0.3) is 0 Å². The number of nitrogens with zero attached hydrogens (tertiary/aromatic N) is 1. The molecule has 0 radical (unpaired) electrons. The number of esters is 2. The molecule has 88 valence electrons. The molecule has 0 saturated heterocycles. The lowest BCUT2D eigenvalue weighted by molar-refractivity contribution is -0.889. The Hall–Kier alpha value is -1.10. The molecule has 0 aliphatic carbocycles. The zero-order valence-electron chi connectivity index (χ0n) is 9.91. The van der Waals surface area contributed by atoms with Crippen molar-refractivity contribution in [1.82, 2.24) is 0 Å². The molecule has 15 heavy (non-hydrogen) atoms. The third-order valence-corrected chi connectivity index (χ3v) is 2.15. The summed E-state index contributed by atoms with van der Waals surface area (Å²) in [5.74, 6) is -0.489. The summed E-state index contributed by atoms with van der Waals surface area (Å²) in [6.45, 7) is 3.13. The molecule has 0 N–H and O–H groups in total. The van der Waals surface area contributed by atoms with Gasteiger partial charge in [-0.1, -0.05) is 0 Å². The average molecular weight is 218 g/mol. The van der Waals surface area contributed by atoms with Crippen LogP contribution in [-0.2, 0) is 19.1 Å². The molecule has 0 heterocycles. The van der Waals surface area contributed by atoms with E-state index in [-0.39, 0.29) is 11.9 Å². The van der Waals surface area contributed by atoms with E-state index in [0.717, 1.165) is 0 Å². The highest BCUT2D eigenvalue weighted by atomic mass is 16.5. The highest BCUT2D eigenvalue weighted by molar-refractivity contribution is 5.69. The lowest BCUT2D eigenvalue weighted by Crippen LogP contribution is -2.44. The zero-order chi connectivity index (χ0) is 11.9. The van der Waals surface area contributed by atoms with Gasteiger partial charge in [-0.05, 0) is 0 Å². The van der Waals surface area contributed by atoms with Gasteiger partial charge in [-0.25, -0.2) is 0 Å². The molecule has 0 aliphatic heterocycles. The number of carbonyl (C=O) groups excluding carboxylic acids is 2.